The number of hydrogen-bond donors (Lipinski definition) is 1. The SMILES string of the molecule is CN(C)c1ccc(NS(=O)(=O)c2ccc(N3C(=O)[C@H]4CC[C@@](C)(C3=O)C4(C)C)cc2)cc1. The Hall–Kier alpha value is -2.87. The number of fused-ring (bicyclic) bond motifs is 2. The van der Waals surface area contributed by atoms with Gasteiger partial charge >= 0.3 is 0 Å². The maximum absolute atomic E-state index is 13.3. The van der Waals surface area contributed by atoms with Crippen molar-refractivity contribution in [1.82, 2.24) is 0 Å². The Morgan fingerprint density at radius 2 is 1.56 bits per heavy atom. The van der Waals surface area contributed by atoms with Crippen LogP contribution < -0.4 is 14.5 Å². The molecule has 1 aliphatic heterocycles. The van der Waals surface area contributed by atoms with Crippen LogP contribution in [0.1, 0.15) is 33.6 Å². The van der Waals surface area contributed by atoms with Gasteiger partial charge in [0.15, 0.2) is 0 Å². The zero-order valence-electron chi connectivity index (χ0n) is 19.0. The molecular weight excluding hydrogens is 426 g/mol. The first kappa shape index (κ1) is 22.3. The minimum absolute atomic E-state index is 0.0596. The molecule has 32 heavy (non-hydrogen) atoms. The molecule has 7 nitrogen and oxygen atoms in total. The molecule has 1 heterocycles. The van der Waals surface area contributed by atoms with Gasteiger partial charge in [-0.05, 0) is 66.8 Å². The van der Waals surface area contributed by atoms with E-state index in [4.69, 9.17) is 0 Å². The zero-order chi connectivity index (χ0) is 23.5. The van der Waals surface area contributed by atoms with Crippen LogP contribution in [0.4, 0.5) is 17.1 Å². The van der Waals surface area contributed by atoms with Crippen LogP contribution in [0.15, 0.2) is 53.4 Å². The molecule has 0 aromatic heterocycles. The first-order valence-corrected chi connectivity index (χ1v) is 12.2. The highest BCUT2D eigenvalue weighted by atomic mass is 32.2. The lowest BCUT2D eigenvalue weighted by molar-refractivity contribution is -0.146. The fourth-order valence-electron chi connectivity index (χ4n) is 4.88. The van der Waals surface area contributed by atoms with Gasteiger partial charge in [0.05, 0.1) is 16.0 Å². The molecule has 1 aliphatic carbocycles. The molecule has 8 heteroatoms. The Labute approximate surface area is 189 Å². The lowest BCUT2D eigenvalue weighted by Crippen LogP contribution is -2.59. The smallest absolute Gasteiger partial charge is 0.261 e. The number of nitrogens with zero attached hydrogens (tertiary/aromatic N) is 2. The van der Waals surface area contributed by atoms with Gasteiger partial charge in [-0.2, -0.15) is 0 Å². The molecule has 1 N–H and O–H groups in total. The van der Waals surface area contributed by atoms with Crippen molar-refractivity contribution < 1.29 is 18.0 Å². The Kier molecular flexibility index (Phi) is 5.12. The number of amides is 2. The average Bonchev–Trinajstić information content (AvgIpc) is 2.91. The minimum atomic E-state index is -3.81. The summed E-state index contributed by atoms with van der Waals surface area (Å²) in [5.74, 6) is -0.638. The standard InChI is InChI=1S/C24H29N3O4S/c1-23(2)20-14-15-24(23,3)22(29)27(21(20)28)18-10-12-19(13-11-18)32(30,31)25-16-6-8-17(9-7-16)26(4)5/h6-13,20,25H,14-15H2,1-5H3/t20-,24+/m1/s1. The first-order chi connectivity index (χ1) is 14.9. The quantitative estimate of drug-likeness (QED) is 0.692. The van der Waals surface area contributed by atoms with E-state index in [1.165, 1.54) is 29.2 Å². The van der Waals surface area contributed by atoms with Crippen molar-refractivity contribution in [1.29, 1.82) is 0 Å². The maximum atomic E-state index is 13.3. The summed E-state index contributed by atoms with van der Waals surface area (Å²) in [5.41, 5.74) is 0.804. The van der Waals surface area contributed by atoms with E-state index >= 15 is 0 Å². The lowest BCUT2D eigenvalue weighted by atomic mass is 9.62. The number of carbonyl (C=O) groups excluding carboxylic acids is 2. The first-order valence-electron chi connectivity index (χ1n) is 10.7. The number of rotatable bonds is 5. The molecule has 2 aromatic rings. The number of nitrogens with one attached hydrogen (secondary N) is 1. The topological polar surface area (TPSA) is 86.8 Å². The Balaban J connectivity index is 1.58. The largest absolute Gasteiger partial charge is 0.378 e. The van der Waals surface area contributed by atoms with Gasteiger partial charge < -0.3 is 4.90 Å². The monoisotopic (exact) mass is 455 g/mol. The van der Waals surface area contributed by atoms with Gasteiger partial charge in [0, 0.05) is 31.4 Å². The number of imide groups is 1. The van der Waals surface area contributed by atoms with Crippen LogP contribution in [0.25, 0.3) is 0 Å². The molecule has 1 saturated heterocycles. The maximum Gasteiger partial charge on any atom is 0.261 e. The molecule has 170 valence electrons. The predicted molar refractivity (Wildman–Crippen MR) is 125 cm³/mol. The van der Waals surface area contributed by atoms with E-state index in [1.54, 1.807) is 12.1 Å². The highest BCUT2D eigenvalue weighted by molar-refractivity contribution is 7.92. The number of hydrogen-bond acceptors (Lipinski definition) is 5. The van der Waals surface area contributed by atoms with Gasteiger partial charge in [0.25, 0.3) is 10.0 Å². The third kappa shape index (κ3) is 3.28. The Morgan fingerprint density at radius 3 is 2.12 bits per heavy atom. The average molecular weight is 456 g/mol. The van der Waals surface area contributed by atoms with E-state index in [0.717, 1.165) is 5.69 Å². The summed E-state index contributed by atoms with van der Waals surface area (Å²) in [6.07, 6.45) is 1.36. The van der Waals surface area contributed by atoms with E-state index < -0.39 is 20.9 Å². The van der Waals surface area contributed by atoms with Crippen molar-refractivity contribution in [2.75, 3.05) is 28.6 Å². The second-order valence-corrected chi connectivity index (χ2v) is 11.3. The van der Waals surface area contributed by atoms with Crippen LogP contribution in [0, 0.1) is 16.7 Å². The van der Waals surface area contributed by atoms with Gasteiger partial charge in [-0.1, -0.05) is 20.8 Å². The molecule has 2 fully saturated rings. The van der Waals surface area contributed by atoms with Gasteiger partial charge in [0.2, 0.25) is 11.8 Å². The van der Waals surface area contributed by atoms with Crippen LogP contribution in [0.2, 0.25) is 0 Å². The van der Waals surface area contributed by atoms with Crippen molar-refractivity contribution in [3.63, 3.8) is 0 Å². The zero-order valence-corrected chi connectivity index (χ0v) is 19.9. The fraction of sp³-hybridized carbons (Fsp3) is 0.417. The molecular formula is C24H29N3O4S. The summed E-state index contributed by atoms with van der Waals surface area (Å²) in [6, 6.07) is 13.0. The van der Waals surface area contributed by atoms with Crippen LogP contribution in [-0.4, -0.2) is 34.3 Å². The Morgan fingerprint density at radius 1 is 0.969 bits per heavy atom. The number of sulfonamides is 1. The van der Waals surface area contributed by atoms with E-state index in [9.17, 15) is 18.0 Å². The molecule has 0 radical (unpaired) electrons. The third-order valence-electron chi connectivity index (χ3n) is 7.46. The molecule has 2 amide bonds. The van der Waals surface area contributed by atoms with Crippen molar-refractivity contribution in [2.24, 2.45) is 16.7 Å². The number of carbonyl (C=O) groups is 2. The number of benzene rings is 2. The normalized spacial score (nSPS) is 24.5. The van der Waals surface area contributed by atoms with Crippen molar-refractivity contribution in [3.05, 3.63) is 48.5 Å². The molecule has 2 aliphatic rings. The third-order valence-corrected chi connectivity index (χ3v) is 8.86. The molecule has 4 rings (SSSR count). The van der Waals surface area contributed by atoms with E-state index in [-0.39, 0.29) is 22.6 Å². The summed E-state index contributed by atoms with van der Waals surface area (Å²) in [6.45, 7) is 5.91. The second kappa shape index (κ2) is 7.33. The van der Waals surface area contributed by atoms with Crippen molar-refractivity contribution >= 4 is 38.9 Å². The summed E-state index contributed by atoms with van der Waals surface area (Å²) in [7, 11) is 0.00337. The molecule has 0 unspecified atom stereocenters. The molecule has 2 aromatic carbocycles. The lowest BCUT2D eigenvalue weighted by Gasteiger charge is -2.47. The predicted octanol–water partition coefficient (Wildman–Crippen LogP) is 3.87. The second-order valence-electron chi connectivity index (χ2n) is 9.66. The Bertz CT molecular complexity index is 1170. The molecule has 1 saturated carbocycles. The van der Waals surface area contributed by atoms with Crippen LogP contribution in [-0.2, 0) is 19.6 Å². The number of piperidine rings is 1. The van der Waals surface area contributed by atoms with Gasteiger partial charge in [-0.3, -0.25) is 14.3 Å². The molecule has 2 atom stereocenters. The summed E-state index contributed by atoms with van der Waals surface area (Å²) in [4.78, 5) is 29.6. The number of anilines is 3. The summed E-state index contributed by atoms with van der Waals surface area (Å²) < 4.78 is 28.2. The van der Waals surface area contributed by atoms with Crippen LogP contribution in [0.3, 0.4) is 0 Å². The van der Waals surface area contributed by atoms with Crippen molar-refractivity contribution in [3.8, 4) is 0 Å². The van der Waals surface area contributed by atoms with Crippen molar-refractivity contribution in [2.45, 2.75) is 38.5 Å². The fourth-order valence-corrected chi connectivity index (χ4v) is 5.94. The highest BCUT2D eigenvalue weighted by Gasteiger charge is 2.64. The van der Waals surface area contributed by atoms with E-state index in [0.29, 0.717) is 24.2 Å². The van der Waals surface area contributed by atoms with Crippen LogP contribution in [0.5, 0.6) is 0 Å². The summed E-state index contributed by atoms with van der Waals surface area (Å²) >= 11 is 0. The van der Waals surface area contributed by atoms with E-state index in [2.05, 4.69) is 4.72 Å². The van der Waals surface area contributed by atoms with E-state index in [1.807, 2.05) is 51.9 Å². The highest BCUT2D eigenvalue weighted by Crippen LogP contribution is 2.60. The molecule has 0 spiro atoms. The van der Waals surface area contributed by atoms with Gasteiger partial charge in [-0.25, -0.2) is 13.3 Å². The van der Waals surface area contributed by atoms with Gasteiger partial charge in [0.1, 0.15) is 0 Å². The van der Waals surface area contributed by atoms with Crippen LogP contribution >= 0.6 is 0 Å². The van der Waals surface area contributed by atoms with Gasteiger partial charge in [-0.15, -0.1) is 0 Å². The molecule has 2 bridgehead atoms. The summed E-state index contributed by atoms with van der Waals surface area (Å²) in [5, 5.41) is 0. The minimum Gasteiger partial charge on any atom is -0.378 e.